The molecule has 1 rings (SSSR count). The van der Waals surface area contributed by atoms with Gasteiger partial charge in [-0.3, -0.25) is 0 Å². The molecule has 0 unspecified atom stereocenters. The predicted octanol–water partition coefficient (Wildman–Crippen LogP) is 2.41. The number of halogens is 1. The molecule has 0 aliphatic rings. The Morgan fingerprint density at radius 3 is 2.50 bits per heavy atom. The minimum Gasteiger partial charge on any atom is -0.382 e. The van der Waals surface area contributed by atoms with Crippen molar-refractivity contribution in [2.24, 2.45) is 0 Å². The van der Waals surface area contributed by atoms with E-state index in [1.54, 1.807) is 19.2 Å². The molecule has 6 heteroatoms. The number of methoxy groups -OCH3 is 1. The van der Waals surface area contributed by atoms with Crippen LogP contribution in [0.15, 0.2) is 22.7 Å². The summed E-state index contributed by atoms with van der Waals surface area (Å²) in [5.74, 6) is 0. The number of nitrogens with zero attached hydrogens (tertiary/aromatic N) is 1. The van der Waals surface area contributed by atoms with E-state index in [1.165, 1.54) is 0 Å². The Morgan fingerprint density at radius 1 is 1.15 bits per heavy atom. The lowest BCUT2D eigenvalue weighted by Crippen LogP contribution is -2.13. The average molecular weight is 343 g/mol. The molecule has 1 aromatic rings. The van der Waals surface area contributed by atoms with Crippen molar-refractivity contribution in [1.82, 2.24) is 0 Å². The summed E-state index contributed by atoms with van der Waals surface area (Å²) >= 11 is 3.42. The van der Waals surface area contributed by atoms with E-state index in [0.717, 1.165) is 10.2 Å². The summed E-state index contributed by atoms with van der Waals surface area (Å²) in [6, 6.07) is 7.53. The van der Waals surface area contributed by atoms with Gasteiger partial charge < -0.3 is 19.5 Å². The molecule has 0 bridgehead atoms. The lowest BCUT2D eigenvalue weighted by molar-refractivity contribution is 0.0272. The van der Waals surface area contributed by atoms with Gasteiger partial charge in [-0.05, 0) is 34.1 Å². The third-order valence-electron chi connectivity index (χ3n) is 2.46. The second-order valence-corrected chi connectivity index (χ2v) is 4.81. The minimum atomic E-state index is 0.569. The zero-order valence-corrected chi connectivity index (χ0v) is 13.1. The third-order valence-corrected chi connectivity index (χ3v) is 3.12. The second-order valence-electron chi connectivity index (χ2n) is 3.95. The molecule has 0 aliphatic heterocycles. The second kappa shape index (κ2) is 10.6. The molecule has 0 heterocycles. The van der Waals surface area contributed by atoms with Gasteiger partial charge >= 0.3 is 0 Å². The molecule has 1 aromatic carbocycles. The highest BCUT2D eigenvalue weighted by atomic mass is 79.9. The van der Waals surface area contributed by atoms with Crippen LogP contribution < -0.4 is 5.32 Å². The van der Waals surface area contributed by atoms with Gasteiger partial charge in [-0.1, -0.05) is 0 Å². The van der Waals surface area contributed by atoms with Gasteiger partial charge in [0.15, 0.2) is 0 Å². The molecule has 0 aromatic heterocycles. The summed E-state index contributed by atoms with van der Waals surface area (Å²) in [6.45, 7) is 3.64. The smallest absolute Gasteiger partial charge is 0.0992 e. The summed E-state index contributed by atoms with van der Waals surface area (Å²) in [7, 11) is 1.65. The Morgan fingerprint density at radius 2 is 1.85 bits per heavy atom. The molecular weight excluding hydrogens is 324 g/mol. The molecule has 0 amide bonds. The first-order chi connectivity index (χ1) is 9.77. The fraction of sp³-hybridized carbons (Fsp3) is 0.500. The molecule has 20 heavy (non-hydrogen) atoms. The van der Waals surface area contributed by atoms with Crippen molar-refractivity contribution < 1.29 is 14.2 Å². The van der Waals surface area contributed by atoms with Crippen LogP contribution in [0.25, 0.3) is 0 Å². The topological polar surface area (TPSA) is 63.5 Å². The van der Waals surface area contributed by atoms with Crippen molar-refractivity contribution in [2.45, 2.75) is 0 Å². The highest BCUT2D eigenvalue weighted by Crippen LogP contribution is 2.22. The maximum absolute atomic E-state index is 8.77. The van der Waals surface area contributed by atoms with E-state index >= 15 is 0 Å². The van der Waals surface area contributed by atoms with Crippen LogP contribution in [0.5, 0.6) is 0 Å². The Bertz CT molecular complexity index is 435. The molecule has 0 aliphatic carbocycles. The first-order valence-electron chi connectivity index (χ1n) is 6.36. The molecule has 0 saturated carbocycles. The van der Waals surface area contributed by atoms with E-state index in [2.05, 4.69) is 27.3 Å². The van der Waals surface area contributed by atoms with Crippen LogP contribution in [-0.4, -0.2) is 46.7 Å². The summed E-state index contributed by atoms with van der Waals surface area (Å²) < 4.78 is 16.4. The lowest BCUT2D eigenvalue weighted by atomic mass is 10.2. The normalized spacial score (nSPS) is 10.2. The minimum absolute atomic E-state index is 0.569. The number of benzene rings is 1. The SMILES string of the molecule is COCCOCCOCCNc1ccc(C#N)cc1Br. The van der Waals surface area contributed by atoms with Crippen molar-refractivity contribution in [3.05, 3.63) is 28.2 Å². The van der Waals surface area contributed by atoms with Gasteiger partial charge in [-0.25, -0.2) is 0 Å². The van der Waals surface area contributed by atoms with Crippen LogP contribution in [0, 0.1) is 11.3 Å². The van der Waals surface area contributed by atoms with E-state index in [1.807, 2.05) is 6.07 Å². The number of nitrogens with one attached hydrogen (secondary N) is 1. The van der Waals surface area contributed by atoms with Gasteiger partial charge in [0.25, 0.3) is 0 Å². The van der Waals surface area contributed by atoms with Crippen LogP contribution in [0.1, 0.15) is 5.56 Å². The van der Waals surface area contributed by atoms with Gasteiger partial charge in [0.05, 0.1) is 44.7 Å². The van der Waals surface area contributed by atoms with Gasteiger partial charge in [-0.2, -0.15) is 5.26 Å². The largest absolute Gasteiger partial charge is 0.382 e. The fourth-order valence-corrected chi connectivity index (χ4v) is 1.97. The van der Waals surface area contributed by atoms with Crippen molar-refractivity contribution in [2.75, 3.05) is 52.0 Å². The van der Waals surface area contributed by atoms with E-state index in [-0.39, 0.29) is 0 Å². The molecular formula is C14H19BrN2O3. The summed E-state index contributed by atoms with van der Waals surface area (Å²) in [5, 5.41) is 12.0. The van der Waals surface area contributed by atoms with Gasteiger partial charge in [0.1, 0.15) is 0 Å². The Hall–Kier alpha value is -1.13. The quantitative estimate of drug-likeness (QED) is 0.661. The highest BCUT2D eigenvalue weighted by molar-refractivity contribution is 9.10. The summed E-state index contributed by atoms with van der Waals surface area (Å²) in [5.41, 5.74) is 1.58. The first-order valence-corrected chi connectivity index (χ1v) is 7.15. The monoisotopic (exact) mass is 342 g/mol. The number of ether oxygens (including phenoxy) is 3. The van der Waals surface area contributed by atoms with Crippen molar-refractivity contribution in [3.8, 4) is 6.07 Å². The molecule has 0 fully saturated rings. The van der Waals surface area contributed by atoms with Gasteiger partial charge in [0.2, 0.25) is 0 Å². The summed E-state index contributed by atoms with van der Waals surface area (Å²) in [6.07, 6.45) is 0. The highest BCUT2D eigenvalue weighted by Gasteiger charge is 2.00. The number of hydrogen-bond donors (Lipinski definition) is 1. The summed E-state index contributed by atoms with van der Waals surface area (Å²) in [4.78, 5) is 0. The van der Waals surface area contributed by atoms with E-state index < -0.39 is 0 Å². The molecule has 0 spiro atoms. The van der Waals surface area contributed by atoms with E-state index in [0.29, 0.717) is 45.1 Å². The molecule has 5 nitrogen and oxygen atoms in total. The number of nitriles is 1. The van der Waals surface area contributed by atoms with Crippen LogP contribution in [0.2, 0.25) is 0 Å². The van der Waals surface area contributed by atoms with Crippen molar-refractivity contribution in [1.29, 1.82) is 5.26 Å². The number of hydrogen-bond acceptors (Lipinski definition) is 5. The Balaban J connectivity index is 2.08. The van der Waals surface area contributed by atoms with E-state index in [9.17, 15) is 0 Å². The molecule has 1 N–H and O–H groups in total. The van der Waals surface area contributed by atoms with Crippen LogP contribution in [0.4, 0.5) is 5.69 Å². The lowest BCUT2D eigenvalue weighted by Gasteiger charge is -2.09. The van der Waals surface area contributed by atoms with Crippen LogP contribution >= 0.6 is 15.9 Å². The zero-order valence-electron chi connectivity index (χ0n) is 11.5. The molecule has 0 atom stereocenters. The number of anilines is 1. The first kappa shape index (κ1) is 16.9. The average Bonchev–Trinajstić information content (AvgIpc) is 2.47. The van der Waals surface area contributed by atoms with Gasteiger partial charge in [-0.15, -0.1) is 0 Å². The molecule has 0 radical (unpaired) electrons. The molecule has 110 valence electrons. The van der Waals surface area contributed by atoms with E-state index in [4.69, 9.17) is 19.5 Å². The maximum Gasteiger partial charge on any atom is 0.0992 e. The number of rotatable bonds is 10. The van der Waals surface area contributed by atoms with Crippen LogP contribution in [-0.2, 0) is 14.2 Å². The Kier molecular flexibility index (Phi) is 9.00. The molecule has 0 saturated heterocycles. The maximum atomic E-state index is 8.77. The zero-order chi connectivity index (χ0) is 14.6. The predicted molar refractivity (Wildman–Crippen MR) is 80.9 cm³/mol. The Labute approximate surface area is 128 Å². The van der Waals surface area contributed by atoms with Gasteiger partial charge in [0, 0.05) is 23.8 Å². The van der Waals surface area contributed by atoms with Crippen LogP contribution in [0.3, 0.4) is 0 Å². The standard InChI is InChI=1S/C14H19BrN2O3/c1-18-6-7-20-9-8-19-5-4-17-14-3-2-12(11-16)10-13(14)15/h2-3,10,17H,4-9H2,1H3. The fourth-order valence-electron chi connectivity index (χ4n) is 1.45. The van der Waals surface area contributed by atoms with Crippen molar-refractivity contribution >= 4 is 21.6 Å². The van der Waals surface area contributed by atoms with Crippen molar-refractivity contribution in [3.63, 3.8) is 0 Å². The third kappa shape index (κ3) is 6.87.